The summed E-state index contributed by atoms with van der Waals surface area (Å²) >= 11 is 1.87. The molecule has 0 aliphatic carbocycles. The van der Waals surface area contributed by atoms with E-state index in [1.807, 2.05) is 16.7 Å². The van der Waals surface area contributed by atoms with E-state index in [4.69, 9.17) is 0 Å². The van der Waals surface area contributed by atoms with E-state index in [9.17, 15) is 9.59 Å². The molecule has 1 atom stereocenters. The summed E-state index contributed by atoms with van der Waals surface area (Å²) in [6.07, 6.45) is 4.62. The minimum Gasteiger partial charge on any atom is -0.309 e. The van der Waals surface area contributed by atoms with E-state index < -0.39 is 5.54 Å². The highest BCUT2D eigenvalue weighted by atomic mass is 32.2. The average Bonchev–Trinajstić information content (AvgIpc) is 2.75. The van der Waals surface area contributed by atoms with E-state index in [2.05, 4.69) is 45.8 Å². The number of carbonyl (C=O) groups excluding carboxylic acids is 2. The first-order chi connectivity index (χ1) is 12.2. The Morgan fingerprint density at radius 1 is 1.04 bits per heavy atom. The van der Waals surface area contributed by atoms with E-state index in [-0.39, 0.29) is 11.9 Å². The van der Waals surface area contributed by atoms with Crippen LogP contribution < -0.4 is 0 Å². The number of carbonyl (C=O) groups is 2. The van der Waals surface area contributed by atoms with Gasteiger partial charge >= 0.3 is 6.03 Å². The summed E-state index contributed by atoms with van der Waals surface area (Å²) in [7, 11) is 0. The first-order valence-corrected chi connectivity index (χ1v) is 11.5. The number of nitrogens with zero attached hydrogens (tertiary/aromatic N) is 3. The van der Waals surface area contributed by atoms with E-state index in [1.54, 1.807) is 0 Å². The molecule has 0 aromatic carbocycles. The highest BCUT2D eigenvalue weighted by Gasteiger charge is 2.57. The number of hydrogen-bond donors (Lipinski definition) is 0. The lowest BCUT2D eigenvalue weighted by atomic mass is 9.85. The zero-order valence-electron chi connectivity index (χ0n) is 17.5. The second kappa shape index (κ2) is 8.96. The molecule has 2 aliphatic heterocycles. The van der Waals surface area contributed by atoms with Crippen molar-refractivity contribution in [2.75, 3.05) is 38.2 Å². The van der Waals surface area contributed by atoms with Gasteiger partial charge in [0.15, 0.2) is 0 Å². The van der Waals surface area contributed by atoms with Gasteiger partial charge in [-0.1, -0.05) is 27.7 Å². The topological polar surface area (TPSA) is 43.9 Å². The molecule has 0 radical (unpaired) electrons. The molecule has 2 saturated heterocycles. The monoisotopic (exact) mass is 383 g/mol. The third-order valence-electron chi connectivity index (χ3n) is 5.76. The van der Waals surface area contributed by atoms with Crippen molar-refractivity contribution in [2.24, 2.45) is 11.8 Å². The van der Waals surface area contributed by atoms with Crippen molar-refractivity contribution in [3.05, 3.63) is 0 Å². The minimum atomic E-state index is -0.601. The van der Waals surface area contributed by atoms with E-state index in [1.165, 1.54) is 4.90 Å². The van der Waals surface area contributed by atoms with Crippen LogP contribution in [0.5, 0.6) is 0 Å². The number of hydrogen-bond acceptors (Lipinski definition) is 4. The Balaban J connectivity index is 2.19. The summed E-state index contributed by atoms with van der Waals surface area (Å²) in [5.74, 6) is 1.98. The van der Waals surface area contributed by atoms with Gasteiger partial charge in [0.05, 0.1) is 0 Å². The SMILES string of the molecule is CSCC(C)N1CCC2(CC1)C(=O)N(CC(C)C)C(=O)N2CCC(C)C. The Bertz CT molecular complexity index is 501. The van der Waals surface area contributed by atoms with Crippen LogP contribution in [0.4, 0.5) is 4.79 Å². The standard InChI is InChI=1S/C20H37N3O2S/c1-15(2)7-10-23-19(25)22(13-16(3)4)18(24)20(23)8-11-21(12-9-20)17(5)14-26-6/h15-17H,7-14H2,1-6H3. The minimum absolute atomic E-state index is 0.0529. The number of urea groups is 1. The highest BCUT2D eigenvalue weighted by molar-refractivity contribution is 7.98. The van der Waals surface area contributed by atoms with Gasteiger partial charge in [-0.25, -0.2) is 4.79 Å². The summed E-state index contributed by atoms with van der Waals surface area (Å²) in [4.78, 5) is 32.3. The molecule has 2 aliphatic rings. The second-order valence-corrected chi connectivity index (χ2v) is 9.71. The highest BCUT2D eigenvalue weighted by Crippen LogP contribution is 2.38. The lowest BCUT2D eigenvalue weighted by molar-refractivity contribution is -0.136. The van der Waals surface area contributed by atoms with Crippen molar-refractivity contribution in [3.8, 4) is 0 Å². The Hall–Kier alpha value is -0.750. The van der Waals surface area contributed by atoms with Gasteiger partial charge in [-0.3, -0.25) is 14.6 Å². The van der Waals surface area contributed by atoms with Gasteiger partial charge in [-0.05, 0) is 44.3 Å². The van der Waals surface area contributed by atoms with E-state index in [0.29, 0.717) is 31.0 Å². The van der Waals surface area contributed by atoms with Crippen LogP contribution >= 0.6 is 11.8 Å². The summed E-state index contributed by atoms with van der Waals surface area (Å²) in [5, 5.41) is 0. The number of thioether (sulfide) groups is 1. The molecular formula is C20H37N3O2S. The molecule has 6 heteroatoms. The van der Waals surface area contributed by atoms with Crippen LogP contribution in [0, 0.1) is 11.8 Å². The average molecular weight is 384 g/mol. The van der Waals surface area contributed by atoms with Crippen molar-refractivity contribution in [2.45, 2.75) is 65.5 Å². The third-order valence-corrected chi connectivity index (χ3v) is 6.57. The first-order valence-electron chi connectivity index (χ1n) is 10.1. The third kappa shape index (κ3) is 4.38. The van der Waals surface area contributed by atoms with Crippen LogP contribution in [0.15, 0.2) is 0 Å². The van der Waals surface area contributed by atoms with Crippen molar-refractivity contribution < 1.29 is 9.59 Å². The molecule has 0 aromatic heterocycles. The molecule has 1 unspecified atom stereocenters. The van der Waals surface area contributed by atoms with Gasteiger partial charge in [0.1, 0.15) is 5.54 Å². The van der Waals surface area contributed by atoms with Gasteiger partial charge in [0.25, 0.3) is 5.91 Å². The van der Waals surface area contributed by atoms with Crippen molar-refractivity contribution in [1.82, 2.24) is 14.7 Å². The Kier molecular flexibility index (Phi) is 7.43. The summed E-state index contributed by atoms with van der Waals surface area (Å²) in [6.45, 7) is 13.8. The molecule has 2 rings (SSSR count). The number of amides is 3. The number of imide groups is 1. The Morgan fingerprint density at radius 3 is 2.15 bits per heavy atom. The second-order valence-electron chi connectivity index (χ2n) is 8.80. The summed E-state index contributed by atoms with van der Waals surface area (Å²) < 4.78 is 0. The van der Waals surface area contributed by atoms with E-state index >= 15 is 0 Å². The fourth-order valence-electron chi connectivity index (χ4n) is 4.17. The molecule has 0 aromatic rings. The molecule has 0 N–H and O–H groups in total. The normalized spacial score (nSPS) is 22.3. The lowest BCUT2D eigenvalue weighted by Gasteiger charge is -2.44. The fourth-order valence-corrected chi connectivity index (χ4v) is 4.86. The van der Waals surface area contributed by atoms with Crippen molar-refractivity contribution in [3.63, 3.8) is 0 Å². The number of likely N-dealkylation sites (tertiary alicyclic amines) is 1. The smallest absolute Gasteiger partial charge is 0.309 e. The van der Waals surface area contributed by atoms with Gasteiger partial charge in [0.2, 0.25) is 0 Å². The predicted molar refractivity (Wildman–Crippen MR) is 109 cm³/mol. The van der Waals surface area contributed by atoms with Gasteiger partial charge in [-0.15, -0.1) is 0 Å². The predicted octanol–water partition coefficient (Wildman–Crippen LogP) is 3.54. The van der Waals surface area contributed by atoms with Crippen LogP contribution in [-0.4, -0.2) is 76.4 Å². The molecule has 1 spiro atoms. The summed E-state index contributed by atoms with van der Waals surface area (Å²) in [5.41, 5.74) is -0.601. The number of piperidine rings is 1. The molecular weight excluding hydrogens is 346 g/mol. The maximum Gasteiger partial charge on any atom is 0.327 e. The Morgan fingerprint density at radius 2 is 1.65 bits per heavy atom. The van der Waals surface area contributed by atoms with Gasteiger partial charge < -0.3 is 4.90 Å². The van der Waals surface area contributed by atoms with Crippen LogP contribution in [-0.2, 0) is 4.79 Å². The molecule has 2 heterocycles. The first kappa shape index (κ1) is 21.5. The fraction of sp³-hybridized carbons (Fsp3) is 0.900. The van der Waals surface area contributed by atoms with E-state index in [0.717, 1.165) is 38.1 Å². The Labute approximate surface area is 163 Å². The van der Waals surface area contributed by atoms with Crippen molar-refractivity contribution >= 4 is 23.7 Å². The molecule has 0 saturated carbocycles. The number of rotatable bonds is 8. The quantitative estimate of drug-likeness (QED) is 0.601. The van der Waals surface area contributed by atoms with Gasteiger partial charge in [-0.2, -0.15) is 11.8 Å². The zero-order valence-corrected chi connectivity index (χ0v) is 18.3. The summed E-state index contributed by atoms with van der Waals surface area (Å²) in [6, 6.07) is 0.459. The molecule has 5 nitrogen and oxygen atoms in total. The maximum absolute atomic E-state index is 13.3. The van der Waals surface area contributed by atoms with Crippen LogP contribution in [0.25, 0.3) is 0 Å². The van der Waals surface area contributed by atoms with Crippen LogP contribution in [0.1, 0.15) is 53.9 Å². The zero-order chi connectivity index (χ0) is 19.5. The van der Waals surface area contributed by atoms with Gasteiger partial charge in [0, 0.05) is 38.0 Å². The molecule has 26 heavy (non-hydrogen) atoms. The largest absolute Gasteiger partial charge is 0.327 e. The molecule has 150 valence electrons. The van der Waals surface area contributed by atoms with Crippen molar-refractivity contribution in [1.29, 1.82) is 0 Å². The maximum atomic E-state index is 13.3. The molecule has 2 fully saturated rings. The van der Waals surface area contributed by atoms with Crippen LogP contribution in [0.2, 0.25) is 0 Å². The van der Waals surface area contributed by atoms with Crippen LogP contribution in [0.3, 0.4) is 0 Å². The lowest BCUT2D eigenvalue weighted by Crippen LogP contribution is -2.58. The molecule has 0 bridgehead atoms. The molecule has 3 amide bonds.